The molecule has 3 rings (SSSR count). The second-order valence-corrected chi connectivity index (χ2v) is 13.4. The minimum absolute atomic E-state index is 0.00613. The molecule has 0 bridgehead atoms. The van der Waals surface area contributed by atoms with E-state index in [1.165, 1.54) is 19.1 Å². The van der Waals surface area contributed by atoms with Crippen LogP contribution in [0.5, 0.6) is 0 Å². The fraction of sp³-hybridized carbons (Fsp3) is 0.552. The first kappa shape index (κ1) is 32.1. The van der Waals surface area contributed by atoms with Crippen molar-refractivity contribution in [2.75, 3.05) is 19.6 Å². The quantitative estimate of drug-likeness (QED) is 0.300. The van der Waals surface area contributed by atoms with E-state index in [1.807, 2.05) is 12.1 Å². The van der Waals surface area contributed by atoms with E-state index in [0.717, 1.165) is 27.9 Å². The average molecular weight is 582 g/mol. The van der Waals surface area contributed by atoms with Gasteiger partial charge in [-0.2, -0.15) is 12.7 Å². The third kappa shape index (κ3) is 9.88. The molecule has 1 heterocycles. The SMILES string of the molecule is CC(=O)NC(Cc1cc(F)cc(F)c1)C(O)CNC(c1cccc(CC(C)(C)C)c1)C1CCN(S(=O)(=O)O)CC1. The highest BCUT2D eigenvalue weighted by molar-refractivity contribution is 7.83. The summed E-state index contributed by atoms with van der Waals surface area (Å²) in [5.74, 6) is -1.86. The number of aliphatic hydroxyl groups is 1. The van der Waals surface area contributed by atoms with Crippen LogP contribution in [-0.4, -0.2) is 60.1 Å². The van der Waals surface area contributed by atoms with E-state index in [1.54, 1.807) is 0 Å². The lowest BCUT2D eigenvalue weighted by molar-refractivity contribution is -0.120. The smallest absolute Gasteiger partial charge is 0.335 e. The predicted molar refractivity (Wildman–Crippen MR) is 150 cm³/mol. The van der Waals surface area contributed by atoms with Gasteiger partial charge in [-0.15, -0.1) is 0 Å². The molecule has 1 amide bonds. The molecular formula is C29H41F2N3O5S. The zero-order valence-electron chi connectivity index (χ0n) is 23.5. The number of rotatable bonds is 11. The van der Waals surface area contributed by atoms with Crippen molar-refractivity contribution in [2.45, 2.75) is 71.6 Å². The third-order valence-corrected chi connectivity index (χ3v) is 8.14. The maximum Gasteiger partial charge on any atom is 0.335 e. The summed E-state index contributed by atoms with van der Waals surface area (Å²) in [5.41, 5.74) is 2.51. The van der Waals surface area contributed by atoms with Crippen LogP contribution in [0.4, 0.5) is 8.78 Å². The summed E-state index contributed by atoms with van der Waals surface area (Å²) in [6, 6.07) is 10.2. The Labute approximate surface area is 236 Å². The minimum atomic E-state index is -4.27. The topological polar surface area (TPSA) is 119 Å². The highest BCUT2D eigenvalue weighted by Crippen LogP contribution is 2.33. The van der Waals surface area contributed by atoms with Crippen molar-refractivity contribution < 1.29 is 31.7 Å². The molecule has 4 N–H and O–H groups in total. The maximum atomic E-state index is 13.8. The Balaban J connectivity index is 1.82. The summed E-state index contributed by atoms with van der Waals surface area (Å²) >= 11 is 0. The lowest BCUT2D eigenvalue weighted by Gasteiger charge is -2.36. The molecule has 0 aromatic heterocycles. The summed E-state index contributed by atoms with van der Waals surface area (Å²) < 4.78 is 61.3. The van der Waals surface area contributed by atoms with Crippen LogP contribution in [0.3, 0.4) is 0 Å². The van der Waals surface area contributed by atoms with Crippen LogP contribution in [0.25, 0.3) is 0 Å². The van der Waals surface area contributed by atoms with Gasteiger partial charge in [-0.3, -0.25) is 9.35 Å². The first-order valence-electron chi connectivity index (χ1n) is 13.6. The van der Waals surface area contributed by atoms with Crippen LogP contribution in [0.15, 0.2) is 42.5 Å². The zero-order chi connectivity index (χ0) is 29.7. The molecule has 8 nitrogen and oxygen atoms in total. The van der Waals surface area contributed by atoms with Gasteiger partial charge >= 0.3 is 10.3 Å². The number of amides is 1. The number of hydrogen-bond donors (Lipinski definition) is 4. The van der Waals surface area contributed by atoms with Crippen LogP contribution >= 0.6 is 0 Å². The molecular weight excluding hydrogens is 540 g/mol. The highest BCUT2D eigenvalue weighted by Gasteiger charge is 2.33. The van der Waals surface area contributed by atoms with Gasteiger partial charge in [0.05, 0.1) is 12.1 Å². The van der Waals surface area contributed by atoms with Crippen LogP contribution in [-0.2, 0) is 27.9 Å². The van der Waals surface area contributed by atoms with Gasteiger partial charge in [-0.1, -0.05) is 45.0 Å². The molecule has 0 spiro atoms. The largest absolute Gasteiger partial charge is 0.390 e. The van der Waals surface area contributed by atoms with Gasteiger partial charge in [0.15, 0.2) is 0 Å². The van der Waals surface area contributed by atoms with E-state index in [-0.39, 0.29) is 49.3 Å². The summed E-state index contributed by atoms with van der Waals surface area (Å²) in [4.78, 5) is 11.9. The Hall–Kier alpha value is -2.44. The number of piperidine rings is 1. The maximum absolute atomic E-state index is 13.8. The molecule has 2 aromatic rings. The summed E-state index contributed by atoms with van der Waals surface area (Å²) in [6.45, 7) is 8.19. The second-order valence-electron chi connectivity index (χ2n) is 11.9. The summed E-state index contributed by atoms with van der Waals surface area (Å²) in [7, 11) is -4.27. The van der Waals surface area contributed by atoms with Gasteiger partial charge in [0.25, 0.3) is 0 Å². The number of hydrogen-bond acceptors (Lipinski definition) is 5. The third-order valence-electron chi connectivity index (χ3n) is 7.12. The Morgan fingerprint density at radius 3 is 2.25 bits per heavy atom. The van der Waals surface area contributed by atoms with Crippen molar-refractivity contribution in [3.05, 3.63) is 70.8 Å². The van der Waals surface area contributed by atoms with E-state index in [2.05, 4.69) is 43.5 Å². The predicted octanol–water partition coefficient (Wildman–Crippen LogP) is 3.81. The van der Waals surface area contributed by atoms with E-state index < -0.39 is 34.1 Å². The zero-order valence-corrected chi connectivity index (χ0v) is 24.3. The van der Waals surface area contributed by atoms with Crippen LogP contribution in [0.1, 0.15) is 63.3 Å². The Kier molecular flexibility index (Phi) is 10.8. The lowest BCUT2D eigenvalue weighted by Crippen LogP contribution is -2.49. The van der Waals surface area contributed by atoms with Crippen molar-refractivity contribution in [1.82, 2.24) is 14.9 Å². The molecule has 40 heavy (non-hydrogen) atoms. The molecule has 1 saturated heterocycles. The molecule has 1 aliphatic heterocycles. The highest BCUT2D eigenvalue weighted by atomic mass is 32.2. The van der Waals surface area contributed by atoms with Crippen molar-refractivity contribution in [3.8, 4) is 0 Å². The number of nitrogens with one attached hydrogen (secondary N) is 2. The molecule has 1 fully saturated rings. The van der Waals surface area contributed by atoms with Crippen molar-refractivity contribution >= 4 is 16.2 Å². The first-order chi connectivity index (χ1) is 18.6. The van der Waals surface area contributed by atoms with E-state index >= 15 is 0 Å². The van der Waals surface area contributed by atoms with E-state index in [0.29, 0.717) is 18.4 Å². The van der Waals surface area contributed by atoms with Gasteiger partial charge in [0.1, 0.15) is 11.6 Å². The van der Waals surface area contributed by atoms with E-state index in [9.17, 15) is 31.7 Å². The molecule has 0 saturated carbocycles. The van der Waals surface area contributed by atoms with Crippen LogP contribution in [0.2, 0.25) is 0 Å². The standard InChI is InChI=1S/C29H41F2N3O5S/c1-19(35)33-26(15-21-13-24(30)16-25(31)14-21)27(36)18-32-28(22-8-10-34(11-9-22)40(37,38)39)23-7-5-6-20(12-23)17-29(2,3)4/h5-7,12-14,16,22,26-28,32,36H,8-11,15,17-18H2,1-4H3,(H,33,35)(H,37,38,39). The number of nitrogens with zero attached hydrogens (tertiary/aromatic N) is 1. The number of aliphatic hydroxyl groups excluding tert-OH is 1. The first-order valence-corrected chi connectivity index (χ1v) is 15.0. The minimum Gasteiger partial charge on any atom is -0.390 e. The summed E-state index contributed by atoms with van der Waals surface area (Å²) in [5, 5.41) is 17.2. The number of carbonyl (C=O) groups is 1. The average Bonchev–Trinajstić information content (AvgIpc) is 2.81. The van der Waals surface area contributed by atoms with Gasteiger partial charge in [-0.25, -0.2) is 8.78 Å². The number of carbonyl (C=O) groups excluding carboxylic acids is 1. The molecule has 2 aromatic carbocycles. The number of halogens is 2. The summed E-state index contributed by atoms with van der Waals surface area (Å²) in [6.07, 6.45) is 0.777. The molecule has 222 valence electrons. The lowest BCUT2D eigenvalue weighted by atomic mass is 9.83. The fourth-order valence-corrected chi connectivity index (χ4v) is 6.09. The monoisotopic (exact) mass is 581 g/mol. The molecule has 1 aliphatic rings. The van der Waals surface area contributed by atoms with Crippen LogP contribution in [0, 0.1) is 23.0 Å². The van der Waals surface area contributed by atoms with Crippen molar-refractivity contribution in [1.29, 1.82) is 0 Å². The normalized spacial score (nSPS) is 17.8. The molecule has 3 unspecified atom stereocenters. The Bertz CT molecular complexity index is 1240. The molecule has 0 radical (unpaired) electrons. The van der Waals surface area contributed by atoms with Crippen molar-refractivity contribution in [2.24, 2.45) is 11.3 Å². The van der Waals surface area contributed by atoms with E-state index in [4.69, 9.17) is 0 Å². The Morgan fingerprint density at radius 2 is 1.70 bits per heavy atom. The molecule has 11 heteroatoms. The van der Waals surface area contributed by atoms with Gasteiger partial charge in [0, 0.05) is 38.7 Å². The number of benzene rings is 2. The van der Waals surface area contributed by atoms with Gasteiger partial charge in [0.2, 0.25) is 5.91 Å². The molecule has 3 atom stereocenters. The van der Waals surface area contributed by atoms with Gasteiger partial charge < -0.3 is 15.7 Å². The fourth-order valence-electron chi connectivity index (χ4n) is 5.42. The Morgan fingerprint density at radius 1 is 1.07 bits per heavy atom. The van der Waals surface area contributed by atoms with Gasteiger partial charge in [-0.05, 0) is 65.8 Å². The molecule has 0 aliphatic carbocycles. The second kappa shape index (κ2) is 13.5. The van der Waals surface area contributed by atoms with Crippen LogP contribution < -0.4 is 10.6 Å². The van der Waals surface area contributed by atoms with Crippen molar-refractivity contribution in [3.63, 3.8) is 0 Å².